The van der Waals surface area contributed by atoms with Gasteiger partial charge in [0.25, 0.3) is 0 Å². The number of anilines is 1. The van der Waals surface area contributed by atoms with Crippen LogP contribution >= 0.6 is 0 Å². The first-order valence-electron chi connectivity index (χ1n) is 10.7. The van der Waals surface area contributed by atoms with Crippen LogP contribution in [0.15, 0.2) is 72.9 Å². The zero-order chi connectivity index (χ0) is 22.5. The van der Waals surface area contributed by atoms with Crippen LogP contribution in [0.4, 0.5) is 5.69 Å². The Labute approximate surface area is 187 Å². The van der Waals surface area contributed by atoms with E-state index in [2.05, 4.69) is 40.3 Å². The van der Waals surface area contributed by atoms with Gasteiger partial charge in [-0.1, -0.05) is 30.3 Å². The molecule has 0 aliphatic heterocycles. The number of aryl methyl sites for hydroxylation is 2. The van der Waals surface area contributed by atoms with Gasteiger partial charge in [0.1, 0.15) is 12.4 Å². The van der Waals surface area contributed by atoms with Gasteiger partial charge in [0.15, 0.2) is 0 Å². The first-order chi connectivity index (χ1) is 15.5. The highest BCUT2D eigenvalue weighted by Gasteiger charge is 2.12. The second kappa shape index (κ2) is 9.56. The Hall–Kier alpha value is -3.80. The van der Waals surface area contributed by atoms with Crippen molar-refractivity contribution in [2.45, 2.75) is 12.8 Å². The lowest BCUT2D eigenvalue weighted by atomic mass is 9.99. The Balaban J connectivity index is 1.58. The van der Waals surface area contributed by atoms with Gasteiger partial charge in [0, 0.05) is 37.2 Å². The Kier molecular flexibility index (Phi) is 6.40. The van der Waals surface area contributed by atoms with Crippen molar-refractivity contribution in [3.8, 4) is 16.9 Å². The number of para-hydroxylation sites is 1. The molecule has 6 heteroatoms. The highest BCUT2D eigenvalue weighted by molar-refractivity contribution is 5.86. The lowest BCUT2D eigenvalue weighted by molar-refractivity contribution is -0.136. The molecule has 4 aromatic rings. The molecule has 0 radical (unpaired) electrons. The molecule has 0 saturated carbocycles. The van der Waals surface area contributed by atoms with Gasteiger partial charge in [-0.05, 0) is 53.9 Å². The summed E-state index contributed by atoms with van der Waals surface area (Å²) in [6.07, 6.45) is 2.43. The molecule has 3 aromatic carbocycles. The number of nitrogens with zero attached hydrogens (tertiary/aromatic N) is 3. The number of ether oxygens (including phenoxy) is 1. The molecule has 0 atom stereocenters. The number of aromatic nitrogens is 2. The van der Waals surface area contributed by atoms with Gasteiger partial charge in [0.2, 0.25) is 0 Å². The quantitative estimate of drug-likeness (QED) is 0.415. The summed E-state index contributed by atoms with van der Waals surface area (Å²) >= 11 is 0. The SMILES string of the molecule is CN(CCOc1ccc(CCC(=O)O)cc1-c1ccc2c(cnn2C)c1)c1ccccc1. The van der Waals surface area contributed by atoms with Crippen LogP contribution in [-0.2, 0) is 18.3 Å². The zero-order valence-electron chi connectivity index (χ0n) is 18.4. The van der Waals surface area contributed by atoms with E-state index in [1.54, 1.807) is 0 Å². The van der Waals surface area contributed by atoms with E-state index in [4.69, 9.17) is 9.84 Å². The molecule has 0 aliphatic carbocycles. The number of aliphatic carboxylic acids is 1. The van der Waals surface area contributed by atoms with Crippen molar-refractivity contribution in [2.75, 3.05) is 25.1 Å². The van der Waals surface area contributed by atoms with Crippen molar-refractivity contribution < 1.29 is 14.6 Å². The average molecular weight is 430 g/mol. The van der Waals surface area contributed by atoms with Crippen LogP contribution in [0.5, 0.6) is 5.75 Å². The van der Waals surface area contributed by atoms with Crippen molar-refractivity contribution in [1.29, 1.82) is 0 Å². The minimum Gasteiger partial charge on any atom is -0.491 e. The Morgan fingerprint density at radius 3 is 2.69 bits per heavy atom. The number of carboxylic acid groups (broad SMARTS) is 1. The van der Waals surface area contributed by atoms with Gasteiger partial charge in [-0.3, -0.25) is 9.48 Å². The summed E-state index contributed by atoms with van der Waals surface area (Å²) in [6, 6.07) is 22.3. The maximum Gasteiger partial charge on any atom is 0.303 e. The third-order valence-electron chi connectivity index (χ3n) is 5.61. The van der Waals surface area contributed by atoms with E-state index in [0.29, 0.717) is 13.0 Å². The maximum absolute atomic E-state index is 11.0. The number of likely N-dealkylation sites (N-methyl/N-ethyl adjacent to an activating group) is 1. The molecule has 0 fully saturated rings. The van der Waals surface area contributed by atoms with Crippen LogP contribution in [0.3, 0.4) is 0 Å². The third kappa shape index (κ3) is 4.91. The largest absolute Gasteiger partial charge is 0.491 e. The monoisotopic (exact) mass is 429 g/mol. The minimum absolute atomic E-state index is 0.100. The normalized spacial score (nSPS) is 10.9. The Morgan fingerprint density at radius 2 is 1.91 bits per heavy atom. The third-order valence-corrected chi connectivity index (χ3v) is 5.61. The average Bonchev–Trinajstić information content (AvgIpc) is 3.18. The fraction of sp³-hybridized carbons (Fsp3) is 0.231. The van der Waals surface area contributed by atoms with Crippen molar-refractivity contribution in [3.63, 3.8) is 0 Å². The van der Waals surface area contributed by atoms with Crippen LogP contribution in [0.25, 0.3) is 22.0 Å². The number of hydrogen-bond acceptors (Lipinski definition) is 4. The number of carbonyl (C=O) groups is 1. The van der Waals surface area contributed by atoms with Crippen molar-refractivity contribution in [2.24, 2.45) is 7.05 Å². The molecular formula is C26H27N3O3. The Bertz CT molecular complexity index is 1220. The molecule has 0 saturated heterocycles. The van der Waals surface area contributed by atoms with E-state index >= 15 is 0 Å². The van der Waals surface area contributed by atoms with Gasteiger partial charge < -0.3 is 14.7 Å². The van der Waals surface area contributed by atoms with Gasteiger partial charge in [-0.25, -0.2) is 0 Å². The van der Waals surface area contributed by atoms with E-state index in [9.17, 15) is 4.79 Å². The van der Waals surface area contributed by atoms with Crippen LogP contribution in [0.2, 0.25) is 0 Å². The molecule has 32 heavy (non-hydrogen) atoms. The zero-order valence-corrected chi connectivity index (χ0v) is 18.4. The van der Waals surface area contributed by atoms with Crippen LogP contribution < -0.4 is 9.64 Å². The smallest absolute Gasteiger partial charge is 0.303 e. The second-order valence-electron chi connectivity index (χ2n) is 7.87. The molecule has 4 rings (SSSR count). The van der Waals surface area contributed by atoms with Crippen LogP contribution in [0.1, 0.15) is 12.0 Å². The van der Waals surface area contributed by atoms with E-state index in [-0.39, 0.29) is 6.42 Å². The standard InChI is InChI=1S/C26H27N3O3/c1-28(22-6-4-3-5-7-22)14-15-32-25-12-8-19(9-13-26(30)31)16-23(25)20-10-11-24-21(17-20)18-27-29(24)2/h3-8,10-12,16-18H,9,13-15H2,1-2H3,(H,30,31). The fourth-order valence-corrected chi connectivity index (χ4v) is 3.77. The topological polar surface area (TPSA) is 67.6 Å². The summed E-state index contributed by atoms with van der Waals surface area (Å²) in [7, 11) is 3.97. The molecule has 6 nitrogen and oxygen atoms in total. The van der Waals surface area contributed by atoms with Crippen molar-refractivity contribution >= 4 is 22.6 Å². The first kappa shape index (κ1) is 21.4. The van der Waals surface area contributed by atoms with E-state index in [1.807, 2.05) is 61.4 Å². The van der Waals surface area contributed by atoms with Crippen molar-refractivity contribution in [3.05, 3.63) is 78.5 Å². The number of hydrogen-bond donors (Lipinski definition) is 1. The highest BCUT2D eigenvalue weighted by atomic mass is 16.5. The molecule has 1 aromatic heterocycles. The summed E-state index contributed by atoms with van der Waals surface area (Å²) in [6.45, 7) is 1.27. The summed E-state index contributed by atoms with van der Waals surface area (Å²) in [5, 5.41) is 14.4. The van der Waals surface area contributed by atoms with E-state index in [1.165, 1.54) is 0 Å². The maximum atomic E-state index is 11.0. The molecule has 164 valence electrons. The van der Waals surface area contributed by atoms with E-state index in [0.717, 1.165) is 45.6 Å². The number of carboxylic acids is 1. The van der Waals surface area contributed by atoms with E-state index < -0.39 is 5.97 Å². The molecule has 0 spiro atoms. The predicted molar refractivity (Wildman–Crippen MR) is 127 cm³/mol. The molecule has 0 amide bonds. The van der Waals surface area contributed by atoms with Gasteiger partial charge in [-0.2, -0.15) is 5.10 Å². The lowest BCUT2D eigenvalue weighted by Crippen LogP contribution is -2.23. The van der Waals surface area contributed by atoms with Crippen LogP contribution in [0, 0.1) is 0 Å². The fourth-order valence-electron chi connectivity index (χ4n) is 3.77. The number of fused-ring (bicyclic) bond motifs is 1. The minimum atomic E-state index is -0.799. The van der Waals surface area contributed by atoms with Crippen LogP contribution in [-0.4, -0.2) is 41.1 Å². The summed E-state index contributed by atoms with van der Waals surface area (Å²) in [5.74, 6) is -0.0126. The molecule has 0 bridgehead atoms. The summed E-state index contributed by atoms with van der Waals surface area (Å²) in [4.78, 5) is 13.2. The van der Waals surface area contributed by atoms with Gasteiger partial charge >= 0.3 is 5.97 Å². The summed E-state index contributed by atoms with van der Waals surface area (Å²) in [5.41, 5.74) is 5.16. The lowest BCUT2D eigenvalue weighted by Gasteiger charge is -2.20. The molecule has 0 aliphatic rings. The number of rotatable bonds is 9. The predicted octanol–water partition coefficient (Wildman–Crippen LogP) is 4.77. The molecule has 1 N–H and O–H groups in total. The van der Waals surface area contributed by atoms with Crippen molar-refractivity contribution in [1.82, 2.24) is 9.78 Å². The number of benzene rings is 3. The Morgan fingerprint density at radius 1 is 1.09 bits per heavy atom. The molecule has 0 unspecified atom stereocenters. The molecule has 1 heterocycles. The molecular weight excluding hydrogens is 402 g/mol. The highest BCUT2D eigenvalue weighted by Crippen LogP contribution is 2.33. The summed E-state index contributed by atoms with van der Waals surface area (Å²) < 4.78 is 8.05. The second-order valence-corrected chi connectivity index (χ2v) is 7.87. The van der Waals surface area contributed by atoms with Gasteiger partial charge in [0.05, 0.1) is 18.3 Å². The van der Waals surface area contributed by atoms with Gasteiger partial charge in [-0.15, -0.1) is 0 Å². The first-order valence-corrected chi connectivity index (χ1v) is 10.7.